The molecule has 1 unspecified atom stereocenters. The standard InChI is InChI=1S/C16H20N2/c1-18(2)13-16(14-9-5-3-6-10-14)17-15-11-7-4-8-12-15/h3-12,16-17H,13H2,1-2H3. The molecule has 0 bridgehead atoms. The van der Waals surface area contributed by atoms with E-state index in [1.54, 1.807) is 0 Å². The van der Waals surface area contributed by atoms with Gasteiger partial charge in [0, 0.05) is 12.2 Å². The van der Waals surface area contributed by atoms with Crippen molar-refractivity contribution in [3.8, 4) is 0 Å². The van der Waals surface area contributed by atoms with Crippen molar-refractivity contribution in [2.75, 3.05) is 26.0 Å². The molecule has 0 saturated heterocycles. The minimum Gasteiger partial charge on any atom is -0.377 e. The zero-order valence-corrected chi connectivity index (χ0v) is 11.0. The van der Waals surface area contributed by atoms with Crippen molar-refractivity contribution in [2.45, 2.75) is 6.04 Å². The summed E-state index contributed by atoms with van der Waals surface area (Å²) in [5.41, 5.74) is 2.48. The van der Waals surface area contributed by atoms with E-state index in [-0.39, 0.29) is 0 Å². The molecule has 0 aromatic heterocycles. The Morgan fingerprint density at radius 3 is 2.00 bits per heavy atom. The van der Waals surface area contributed by atoms with Gasteiger partial charge in [0.1, 0.15) is 0 Å². The Kier molecular flexibility index (Phi) is 4.37. The van der Waals surface area contributed by atoms with Crippen LogP contribution in [0.2, 0.25) is 0 Å². The fourth-order valence-electron chi connectivity index (χ4n) is 2.02. The summed E-state index contributed by atoms with van der Waals surface area (Å²) >= 11 is 0. The fourth-order valence-corrected chi connectivity index (χ4v) is 2.02. The number of nitrogens with zero attached hydrogens (tertiary/aromatic N) is 1. The number of likely N-dealkylation sites (N-methyl/N-ethyl adjacent to an activating group) is 1. The molecule has 18 heavy (non-hydrogen) atoms. The van der Waals surface area contributed by atoms with Gasteiger partial charge in [0.15, 0.2) is 0 Å². The Bertz CT molecular complexity index is 451. The van der Waals surface area contributed by atoms with Crippen LogP contribution in [0.4, 0.5) is 5.69 Å². The van der Waals surface area contributed by atoms with Gasteiger partial charge in [-0.3, -0.25) is 0 Å². The molecule has 0 heterocycles. The quantitative estimate of drug-likeness (QED) is 0.861. The predicted octanol–water partition coefficient (Wildman–Crippen LogP) is 3.40. The molecule has 94 valence electrons. The minimum atomic E-state index is 0.309. The Morgan fingerprint density at radius 2 is 1.44 bits per heavy atom. The van der Waals surface area contributed by atoms with Crippen LogP contribution in [0.15, 0.2) is 60.7 Å². The van der Waals surface area contributed by atoms with Crippen LogP contribution in [0.25, 0.3) is 0 Å². The van der Waals surface area contributed by atoms with Crippen molar-refractivity contribution in [1.29, 1.82) is 0 Å². The summed E-state index contributed by atoms with van der Waals surface area (Å²) < 4.78 is 0. The topological polar surface area (TPSA) is 15.3 Å². The number of benzene rings is 2. The molecule has 2 aromatic rings. The van der Waals surface area contributed by atoms with Crippen LogP contribution in [0.1, 0.15) is 11.6 Å². The van der Waals surface area contributed by atoms with Crippen LogP contribution in [0, 0.1) is 0 Å². The molecular weight excluding hydrogens is 220 g/mol. The first kappa shape index (κ1) is 12.7. The van der Waals surface area contributed by atoms with E-state index in [0.29, 0.717) is 6.04 Å². The summed E-state index contributed by atoms with van der Waals surface area (Å²) in [5.74, 6) is 0. The van der Waals surface area contributed by atoms with Crippen molar-refractivity contribution in [3.63, 3.8) is 0 Å². The second-order valence-corrected chi connectivity index (χ2v) is 4.74. The number of hydrogen-bond acceptors (Lipinski definition) is 2. The maximum absolute atomic E-state index is 3.58. The third-order valence-electron chi connectivity index (χ3n) is 2.86. The van der Waals surface area contributed by atoms with Crippen molar-refractivity contribution in [1.82, 2.24) is 4.90 Å². The monoisotopic (exact) mass is 240 g/mol. The lowest BCUT2D eigenvalue weighted by atomic mass is 10.1. The fraction of sp³-hybridized carbons (Fsp3) is 0.250. The van der Waals surface area contributed by atoms with E-state index < -0.39 is 0 Å². The van der Waals surface area contributed by atoms with Crippen LogP contribution in [0.5, 0.6) is 0 Å². The van der Waals surface area contributed by atoms with E-state index in [4.69, 9.17) is 0 Å². The molecule has 2 heteroatoms. The Balaban J connectivity index is 2.16. The molecule has 0 aliphatic heterocycles. The highest BCUT2D eigenvalue weighted by molar-refractivity contribution is 5.45. The maximum atomic E-state index is 3.58. The van der Waals surface area contributed by atoms with E-state index >= 15 is 0 Å². The van der Waals surface area contributed by atoms with Gasteiger partial charge in [-0.2, -0.15) is 0 Å². The maximum Gasteiger partial charge on any atom is 0.0640 e. The molecule has 0 saturated carbocycles. The minimum absolute atomic E-state index is 0.309. The highest BCUT2D eigenvalue weighted by Crippen LogP contribution is 2.19. The Labute approximate surface area is 109 Å². The number of rotatable bonds is 5. The molecule has 2 aromatic carbocycles. The van der Waals surface area contributed by atoms with E-state index in [0.717, 1.165) is 12.2 Å². The molecule has 0 amide bonds. The number of anilines is 1. The van der Waals surface area contributed by atoms with Crippen molar-refractivity contribution in [3.05, 3.63) is 66.2 Å². The van der Waals surface area contributed by atoms with Crippen LogP contribution in [0.3, 0.4) is 0 Å². The smallest absolute Gasteiger partial charge is 0.0640 e. The highest BCUT2D eigenvalue weighted by Gasteiger charge is 2.11. The molecule has 1 atom stereocenters. The molecule has 0 aliphatic carbocycles. The largest absolute Gasteiger partial charge is 0.377 e. The molecule has 2 rings (SSSR count). The third kappa shape index (κ3) is 3.60. The third-order valence-corrected chi connectivity index (χ3v) is 2.86. The summed E-state index contributed by atoms with van der Waals surface area (Å²) in [6, 6.07) is 21.2. The van der Waals surface area contributed by atoms with Crippen LogP contribution in [-0.2, 0) is 0 Å². The first-order valence-corrected chi connectivity index (χ1v) is 6.27. The van der Waals surface area contributed by atoms with E-state index in [1.807, 2.05) is 6.07 Å². The lowest BCUT2D eigenvalue weighted by Crippen LogP contribution is -2.25. The summed E-state index contributed by atoms with van der Waals surface area (Å²) in [7, 11) is 4.20. The first-order chi connectivity index (χ1) is 8.75. The lowest BCUT2D eigenvalue weighted by Gasteiger charge is -2.23. The summed E-state index contributed by atoms with van der Waals surface area (Å²) in [6.45, 7) is 0.971. The molecule has 2 nitrogen and oxygen atoms in total. The van der Waals surface area contributed by atoms with Crippen molar-refractivity contribution < 1.29 is 0 Å². The van der Waals surface area contributed by atoms with Gasteiger partial charge in [-0.15, -0.1) is 0 Å². The summed E-state index contributed by atoms with van der Waals surface area (Å²) in [4.78, 5) is 2.20. The van der Waals surface area contributed by atoms with Crippen LogP contribution < -0.4 is 5.32 Å². The summed E-state index contributed by atoms with van der Waals surface area (Å²) in [6.07, 6.45) is 0. The first-order valence-electron chi connectivity index (χ1n) is 6.27. The van der Waals surface area contributed by atoms with Gasteiger partial charge in [0.05, 0.1) is 6.04 Å². The van der Waals surface area contributed by atoms with E-state index in [1.165, 1.54) is 5.56 Å². The highest BCUT2D eigenvalue weighted by atomic mass is 15.1. The molecule has 0 fully saturated rings. The zero-order valence-electron chi connectivity index (χ0n) is 11.0. The van der Waals surface area contributed by atoms with E-state index in [2.05, 4.69) is 78.9 Å². The molecule has 0 radical (unpaired) electrons. The van der Waals surface area contributed by atoms with Gasteiger partial charge in [-0.05, 0) is 31.8 Å². The van der Waals surface area contributed by atoms with Gasteiger partial charge in [0.25, 0.3) is 0 Å². The second kappa shape index (κ2) is 6.22. The average Bonchev–Trinajstić information content (AvgIpc) is 2.40. The molecule has 0 aliphatic rings. The van der Waals surface area contributed by atoms with Crippen molar-refractivity contribution >= 4 is 5.69 Å². The normalized spacial score (nSPS) is 12.4. The van der Waals surface area contributed by atoms with Crippen LogP contribution >= 0.6 is 0 Å². The molecular formula is C16H20N2. The predicted molar refractivity (Wildman–Crippen MR) is 77.8 cm³/mol. The second-order valence-electron chi connectivity index (χ2n) is 4.74. The number of hydrogen-bond donors (Lipinski definition) is 1. The van der Waals surface area contributed by atoms with Gasteiger partial charge in [-0.1, -0.05) is 48.5 Å². The van der Waals surface area contributed by atoms with Gasteiger partial charge >= 0.3 is 0 Å². The van der Waals surface area contributed by atoms with E-state index in [9.17, 15) is 0 Å². The van der Waals surface area contributed by atoms with Crippen molar-refractivity contribution in [2.24, 2.45) is 0 Å². The van der Waals surface area contributed by atoms with Gasteiger partial charge in [-0.25, -0.2) is 0 Å². The Morgan fingerprint density at radius 1 is 0.889 bits per heavy atom. The molecule has 1 N–H and O–H groups in total. The molecule has 0 spiro atoms. The summed E-state index contributed by atoms with van der Waals surface area (Å²) in [5, 5.41) is 3.58. The lowest BCUT2D eigenvalue weighted by molar-refractivity contribution is 0.387. The zero-order chi connectivity index (χ0) is 12.8. The average molecular weight is 240 g/mol. The van der Waals surface area contributed by atoms with Gasteiger partial charge in [0.2, 0.25) is 0 Å². The van der Waals surface area contributed by atoms with Gasteiger partial charge < -0.3 is 10.2 Å². The van der Waals surface area contributed by atoms with Crippen LogP contribution in [-0.4, -0.2) is 25.5 Å². The SMILES string of the molecule is CN(C)CC(Nc1ccccc1)c1ccccc1. The number of nitrogens with one attached hydrogen (secondary N) is 1. The number of para-hydroxylation sites is 1. The Hall–Kier alpha value is -1.80.